The summed E-state index contributed by atoms with van der Waals surface area (Å²) in [5, 5.41) is 4.96. The molecule has 1 saturated heterocycles. The van der Waals surface area contributed by atoms with Gasteiger partial charge in [-0.15, -0.1) is 0 Å². The van der Waals surface area contributed by atoms with Gasteiger partial charge in [0.15, 0.2) is 0 Å². The predicted molar refractivity (Wildman–Crippen MR) is 61.7 cm³/mol. The highest BCUT2D eigenvalue weighted by atomic mass is 79.9. The summed E-state index contributed by atoms with van der Waals surface area (Å²) in [5.41, 5.74) is 0.948. The Bertz CT molecular complexity index is 371. The molecule has 1 fully saturated rings. The van der Waals surface area contributed by atoms with Crippen LogP contribution >= 0.6 is 15.9 Å². The van der Waals surface area contributed by atoms with Crippen molar-refractivity contribution < 1.29 is 4.74 Å². The molecule has 3 nitrogen and oxygen atoms in total. The van der Waals surface area contributed by atoms with E-state index in [9.17, 15) is 0 Å². The molecule has 1 aromatic heterocycles. The smallest absolute Gasteiger partial charge is 0.150 e. The van der Waals surface area contributed by atoms with Gasteiger partial charge in [-0.1, -0.05) is 27.8 Å². The summed E-state index contributed by atoms with van der Waals surface area (Å²) in [7, 11) is 0. The Morgan fingerprint density at radius 2 is 2.53 bits per heavy atom. The third-order valence-electron chi connectivity index (χ3n) is 2.35. The monoisotopic (exact) mass is 268 g/mol. The van der Waals surface area contributed by atoms with E-state index in [0.717, 1.165) is 25.0 Å². The van der Waals surface area contributed by atoms with Gasteiger partial charge >= 0.3 is 0 Å². The van der Waals surface area contributed by atoms with Crippen LogP contribution in [0, 0.1) is 11.8 Å². The minimum atomic E-state index is 0.110. The zero-order valence-electron chi connectivity index (χ0n) is 8.45. The molecule has 2 heterocycles. The zero-order chi connectivity index (χ0) is 10.5. The lowest BCUT2D eigenvalue weighted by molar-refractivity contribution is -0.0395. The molecule has 0 aliphatic carbocycles. The summed E-state index contributed by atoms with van der Waals surface area (Å²) in [5.74, 6) is 5.97. The summed E-state index contributed by atoms with van der Waals surface area (Å²) < 4.78 is 7.50. The van der Waals surface area contributed by atoms with Crippen LogP contribution in [0.1, 0.15) is 31.1 Å². The number of alkyl halides is 1. The second kappa shape index (κ2) is 5.34. The van der Waals surface area contributed by atoms with Gasteiger partial charge in [-0.25, -0.2) is 4.68 Å². The van der Waals surface area contributed by atoms with Crippen molar-refractivity contribution in [3.63, 3.8) is 0 Å². The predicted octanol–water partition coefficient (Wildman–Crippen LogP) is 2.33. The first-order valence-electron chi connectivity index (χ1n) is 5.11. The largest absolute Gasteiger partial charge is 0.357 e. The normalized spacial score (nSPS) is 20.7. The summed E-state index contributed by atoms with van der Waals surface area (Å²) in [4.78, 5) is 0. The van der Waals surface area contributed by atoms with Gasteiger partial charge in [0.05, 0.1) is 17.1 Å². The van der Waals surface area contributed by atoms with E-state index in [1.807, 2.05) is 10.9 Å². The van der Waals surface area contributed by atoms with Crippen LogP contribution < -0.4 is 0 Å². The van der Waals surface area contributed by atoms with Crippen molar-refractivity contribution in [2.45, 2.75) is 25.5 Å². The Hall–Kier alpha value is -0.790. The van der Waals surface area contributed by atoms with Crippen LogP contribution in [0.5, 0.6) is 0 Å². The van der Waals surface area contributed by atoms with Gasteiger partial charge < -0.3 is 4.74 Å². The van der Waals surface area contributed by atoms with Crippen molar-refractivity contribution in [3.8, 4) is 11.8 Å². The fourth-order valence-electron chi connectivity index (χ4n) is 1.63. The maximum Gasteiger partial charge on any atom is 0.150 e. The second-order valence-corrected chi connectivity index (χ2v) is 4.03. The Labute approximate surface area is 97.9 Å². The molecule has 0 unspecified atom stereocenters. The van der Waals surface area contributed by atoms with Crippen molar-refractivity contribution in [1.29, 1.82) is 0 Å². The Morgan fingerprint density at radius 1 is 1.60 bits per heavy atom. The minimum Gasteiger partial charge on any atom is -0.357 e. The molecule has 1 aromatic rings. The topological polar surface area (TPSA) is 27.1 Å². The molecule has 0 N–H and O–H groups in total. The maximum atomic E-state index is 5.62. The van der Waals surface area contributed by atoms with Gasteiger partial charge in [0.1, 0.15) is 6.23 Å². The Morgan fingerprint density at radius 3 is 3.27 bits per heavy atom. The molecule has 0 saturated carbocycles. The molecule has 1 atom stereocenters. The fraction of sp³-hybridized carbons (Fsp3) is 0.545. The molecule has 80 valence electrons. The summed E-state index contributed by atoms with van der Waals surface area (Å²) in [6.07, 6.45) is 7.27. The van der Waals surface area contributed by atoms with Gasteiger partial charge in [0.25, 0.3) is 0 Å². The average Bonchev–Trinajstić information content (AvgIpc) is 2.76. The number of hydrogen-bond donors (Lipinski definition) is 0. The van der Waals surface area contributed by atoms with Crippen LogP contribution in [-0.2, 0) is 4.74 Å². The first kappa shape index (κ1) is 10.7. The van der Waals surface area contributed by atoms with Crippen LogP contribution in [0.2, 0.25) is 0 Å². The molecule has 0 aromatic carbocycles. The number of nitrogens with zero attached hydrogens (tertiary/aromatic N) is 2. The van der Waals surface area contributed by atoms with E-state index in [1.54, 1.807) is 6.20 Å². The third-order valence-corrected chi connectivity index (χ3v) is 2.63. The van der Waals surface area contributed by atoms with Crippen LogP contribution in [0.3, 0.4) is 0 Å². The van der Waals surface area contributed by atoms with Gasteiger partial charge in [0.2, 0.25) is 0 Å². The van der Waals surface area contributed by atoms with E-state index < -0.39 is 0 Å². The standard InChI is InChI=1S/C11H13BrN2O/c12-6-3-4-10-8-13-14(9-10)11-5-1-2-7-15-11/h8-9,11H,1-2,5-7H2/t11-/m0/s1. The van der Waals surface area contributed by atoms with Crippen molar-refractivity contribution in [3.05, 3.63) is 18.0 Å². The quantitative estimate of drug-likeness (QED) is 0.578. The molecule has 0 bridgehead atoms. The van der Waals surface area contributed by atoms with E-state index in [-0.39, 0.29) is 6.23 Å². The van der Waals surface area contributed by atoms with Crippen molar-refractivity contribution >= 4 is 15.9 Å². The summed E-state index contributed by atoms with van der Waals surface area (Å²) in [6.45, 7) is 0.840. The fourth-order valence-corrected chi connectivity index (χ4v) is 1.77. The maximum absolute atomic E-state index is 5.62. The van der Waals surface area contributed by atoms with E-state index in [4.69, 9.17) is 4.74 Å². The number of halogens is 1. The highest BCUT2D eigenvalue weighted by molar-refractivity contribution is 9.09. The number of rotatable bonds is 1. The lowest BCUT2D eigenvalue weighted by Gasteiger charge is -2.22. The highest BCUT2D eigenvalue weighted by Gasteiger charge is 2.15. The first-order chi connectivity index (χ1) is 7.40. The van der Waals surface area contributed by atoms with Crippen molar-refractivity contribution in [2.75, 3.05) is 11.9 Å². The van der Waals surface area contributed by atoms with Gasteiger partial charge in [-0.05, 0) is 19.3 Å². The molecular formula is C11H13BrN2O. The lowest BCUT2D eigenvalue weighted by Crippen LogP contribution is -2.18. The average molecular weight is 269 g/mol. The summed E-state index contributed by atoms with van der Waals surface area (Å²) >= 11 is 3.26. The van der Waals surface area contributed by atoms with Crippen LogP contribution in [0.4, 0.5) is 0 Å². The Kier molecular flexibility index (Phi) is 3.81. The van der Waals surface area contributed by atoms with E-state index in [2.05, 4.69) is 32.9 Å². The van der Waals surface area contributed by atoms with Crippen LogP contribution in [0.15, 0.2) is 12.4 Å². The van der Waals surface area contributed by atoms with Gasteiger partial charge in [0, 0.05) is 12.8 Å². The number of hydrogen-bond acceptors (Lipinski definition) is 2. The van der Waals surface area contributed by atoms with E-state index in [0.29, 0.717) is 5.33 Å². The van der Waals surface area contributed by atoms with Crippen molar-refractivity contribution in [2.24, 2.45) is 0 Å². The lowest BCUT2D eigenvalue weighted by atomic mass is 10.2. The van der Waals surface area contributed by atoms with Crippen LogP contribution in [-0.4, -0.2) is 21.7 Å². The SMILES string of the molecule is BrCC#Cc1cnn([C@@H]2CCCCO2)c1. The molecule has 0 spiro atoms. The van der Waals surface area contributed by atoms with Crippen LogP contribution in [0.25, 0.3) is 0 Å². The van der Waals surface area contributed by atoms with E-state index >= 15 is 0 Å². The highest BCUT2D eigenvalue weighted by Crippen LogP contribution is 2.21. The molecule has 1 aliphatic heterocycles. The second-order valence-electron chi connectivity index (χ2n) is 3.47. The molecule has 15 heavy (non-hydrogen) atoms. The zero-order valence-corrected chi connectivity index (χ0v) is 10.0. The number of aromatic nitrogens is 2. The molecule has 2 rings (SSSR count). The van der Waals surface area contributed by atoms with E-state index in [1.165, 1.54) is 6.42 Å². The molecule has 4 heteroatoms. The minimum absolute atomic E-state index is 0.110. The Balaban J connectivity index is 2.05. The first-order valence-corrected chi connectivity index (χ1v) is 6.23. The molecular weight excluding hydrogens is 256 g/mol. The van der Waals surface area contributed by atoms with Gasteiger partial charge in [-0.3, -0.25) is 0 Å². The molecule has 0 radical (unpaired) electrons. The number of ether oxygens (including phenoxy) is 1. The van der Waals surface area contributed by atoms with Crippen molar-refractivity contribution in [1.82, 2.24) is 9.78 Å². The molecule has 0 amide bonds. The summed E-state index contributed by atoms with van der Waals surface area (Å²) in [6, 6.07) is 0. The van der Waals surface area contributed by atoms with Gasteiger partial charge in [-0.2, -0.15) is 5.10 Å². The third kappa shape index (κ3) is 2.83. The molecule has 1 aliphatic rings.